The van der Waals surface area contributed by atoms with Crippen molar-refractivity contribution in [2.75, 3.05) is 5.32 Å². The van der Waals surface area contributed by atoms with Crippen molar-refractivity contribution in [1.82, 2.24) is 14.8 Å². The largest absolute Gasteiger partial charge is 0.305 e. The van der Waals surface area contributed by atoms with Crippen molar-refractivity contribution in [2.45, 2.75) is 19.3 Å². The molecule has 1 amide bonds. The van der Waals surface area contributed by atoms with Crippen molar-refractivity contribution in [2.24, 2.45) is 7.05 Å². The van der Waals surface area contributed by atoms with E-state index in [1.807, 2.05) is 37.5 Å². The average molecular weight is 292 g/mol. The summed E-state index contributed by atoms with van der Waals surface area (Å²) in [7, 11) is 1.83. The zero-order chi connectivity index (χ0) is 15.1. The molecule has 1 aliphatic rings. The number of carbonyl (C=O) groups excluding carboxylic acids is 1. The molecule has 0 aliphatic heterocycles. The molecule has 110 valence electrons. The van der Waals surface area contributed by atoms with E-state index < -0.39 is 0 Å². The van der Waals surface area contributed by atoms with Gasteiger partial charge in [-0.3, -0.25) is 14.5 Å². The summed E-state index contributed by atoms with van der Waals surface area (Å²) < 4.78 is 1.67. The smallest absolute Gasteiger partial charge is 0.257 e. The van der Waals surface area contributed by atoms with Gasteiger partial charge in [0.2, 0.25) is 0 Å². The molecule has 1 aromatic carbocycles. The predicted molar refractivity (Wildman–Crippen MR) is 84.9 cm³/mol. The lowest BCUT2D eigenvalue weighted by molar-refractivity contribution is 0.102. The Morgan fingerprint density at radius 1 is 1.23 bits per heavy atom. The van der Waals surface area contributed by atoms with E-state index in [-0.39, 0.29) is 5.91 Å². The van der Waals surface area contributed by atoms with Gasteiger partial charge in [0.1, 0.15) is 0 Å². The topological polar surface area (TPSA) is 59.8 Å². The Morgan fingerprint density at radius 3 is 2.91 bits per heavy atom. The van der Waals surface area contributed by atoms with E-state index in [4.69, 9.17) is 4.98 Å². The third-order valence-electron chi connectivity index (χ3n) is 4.10. The second kappa shape index (κ2) is 4.94. The first-order chi connectivity index (χ1) is 10.7. The van der Waals surface area contributed by atoms with Crippen molar-refractivity contribution in [1.29, 1.82) is 0 Å². The number of aromatic nitrogens is 3. The standard InChI is InChI=1S/C17H16N4O/c1-21-10-9-15(20-21)19-17(22)16-11-5-2-3-7-13(11)18-14-8-4-6-12(14)16/h2-3,5,7,9-10H,4,6,8H2,1H3,(H,19,20,22). The van der Waals surface area contributed by atoms with Crippen LogP contribution in [0.2, 0.25) is 0 Å². The number of benzene rings is 1. The summed E-state index contributed by atoms with van der Waals surface area (Å²) in [6.45, 7) is 0. The summed E-state index contributed by atoms with van der Waals surface area (Å²) >= 11 is 0. The maximum Gasteiger partial charge on any atom is 0.257 e. The van der Waals surface area contributed by atoms with Crippen molar-refractivity contribution in [3.8, 4) is 0 Å². The number of fused-ring (bicyclic) bond motifs is 2. The summed E-state index contributed by atoms with van der Waals surface area (Å²) in [5, 5.41) is 8.03. The SMILES string of the molecule is Cn1ccc(NC(=O)c2c3c(nc4ccccc24)CCC3)n1. The van der Waals surface area contributed by atoms with E-state index in [9.17, 15) is 4.79 Å². The van der Waals surface area contributed by atoms with E-state index in [1.165, 1.54) is 0 Å². The molecule has 0 saturated carbocycles. The van der Waals surface area contributed by atoms with Gasteiger partial charge in [0.15, 0.2) is 5.82 Å². The van der Waals surface area contributed by atoms with Crippen LogP contribution in [0, 0.1) is 0 Å². The minimum absolute atomic E-state index is 0.101. The second-order valence-corrected chi connectivity index (χ2v) is 5.61. The van der Waals surface area contributed by atoms with Crippen molar-refractivity contribution < 1.29 is 4.79 Å². The number of aryl methyl sites for hydroxylation is 2. The maximum atomic E-state index is 12.8. The second-order valence-electron chi connectivity index (χ2n) is 5.61. The molecule has 4 rings (SSSR count). The Balaban J connectivity index is 1.84. The highest BCUT2D eigenvalue weighted by molar-refractivity contribution is 6.13. The first-order valence-corrected chi connectivity index (χ1v) is 7.44. The van der Waals surface area contributed by atoms with E-state index in [1.54, 1.807) is 10.7 Å². The maximum absolute atomic E-state index is 12.8. The number of para-hydroxylation sites is 1. The molecule has 0 atom stereocenters. The Kier molecular flexibility index (Phi) is 2.92. The minimum Gasteiger partial charge on any atom is -0.305 e. The summed E-state index contributed by atoms with van der Waals surface area (Å²) in [5.41, 5.74) is 3.79. The minimum atomic E-state index is -0.101. The Morgan fingerprint density at radius 2 is 2.09 bits per heavy atom. The van der Waals surface area contributed by atoms with Crippen LogP contribution in [-0.4, -0.2) is 20.7 Å². The van der Waals surface area contributed by atoms with E-state index in [2.05, 4.69) is 10.4 Å². The molecule has 3 aromatic rings. The number of hydrogen-bond donors (Lipinski definition) is 1. The van der Waals surface area contributed by atoms with Gasteiger partial charge in [-0.15, -0.1) is 0 Å². The van der Waals surface area contributed by atoms with Crippen molar-refractivity contribution >= 4 is 22.6 Å². The molecule has 0 bridgehead atoms. The van der Waals surface area contributed by atoms with Crippen LogP contribution in [0.15, 0.2) is 36.5 Å². The molecule has 0 saturated heterocycles. The van der Waals surface area contributed by atoms with Crippen LogP contribution in [0.5, 0.6) is 0 Å². The molecule has 5 nitrogen and oxygen atoms in total. The highest BCUT2D eigenvalue weighted by Gasteiger charge is 2.23. The molecule has 2 heterocycles. The third kappa shape index (κ3) is 2.06. The molecule has 22 heavy (non-hydrogen) atoms. The zero-order valence-electron chi connectivity index (χ0n) is 12.3. The molecule has 0 radical (unpaired) electrons. The van der Waals surface area contributed by atoms with Crippen LogP contribution in [0.1, 0.15) is 28.0 Å². The molecule has 0 spiro atoms. The molecule has 1 N–H and O–H groups in total. The lowest BCUT2D eigenvalue weighted by atomic mass is 10.0. The van der Waals surface area contributed by atoms with Gasteiger partial charge in [-0.05, 0) is 30.9 Å². The van der Waals surface area contributed by atoms with Gasteiger partial charge in [0.05, 0.1) is 11.1 Å². The van der Waals surface area contributed by atoms with Gasteiger partial charge in [-0.1, -0.05) is 18.2 Å². The van der Waals surface area contributed by atoms with Crippen molar-refractivity contribution in [3.05, 3.63) is 53.3 Å². The number of hydrogen-bond acceptors (Lipinski definition) is 3. The Labute approximate surface area is 128 Å². The van der Waals surface area contributed by atoms with Gasteiger partial charge in [-0.2, -0.15) is 5.10 Å². The Bertz CT molecular complexity index is 881. The fourth-order valence-corrected chi connectivity index (χ4v) is 3.13. The van der Waals surface area contributed by atoms with Crippen LogP contribution in [-0.2, 0) is 19.9 Å². The monoisotopic (exact) mass is 292 g/mol. The number of rotatable bonds is 2. The summed E-state index contributed by atoms with van der Waals surface area (Å²) in [5.74, 6) is 0.468. The quantitative estimate of drug-likeness (QED) is 0.790. The number of carbonyl (C=O) groups is 1. The van der Waals surface area contributed by atoms with Crippen LogP contribution in [0.3, 0.4) is 0 Å². The fraction of sp³-hybridized carbons (Fsp3) is 0.235. The highest BCUT2D eigenvalue weighted by atomic mass is 16.1. The average Bonchev–Trinajstić information content (AvgIpc) is 3.13. The van der Waals surface area contributed by atoms with Gasteiger partial charge in [0.25, 0.3) is 5.91 Å². The highest BCUT2D eigenvalue weighted by Crippen LogP contribution is 2.30. The van der Waals surface area contributed by atoms with E-state index in [0.29, 0.717) is 5.82 Å². The van der Waals surface area contributed by atoms with Crippen LogP contribution < -0.4 is 5.32 Å². The van der Waals surface area contributed by atoms with Gasteiger partial charge < -0.3 is 5.32 Å². The Hall–Kier alpha value is -2.69. The predicted octanol–water partition coefficient (Wildman–Crippen LogP) is 2.71. The van der Waals surface area contributed by atoms with E-state index >= 15 is 0 Å². The first-order valence-electron chi connectivity index (χ1n) is 7.44. The molecule has 5 heteroatoms. The fourth-order valence-electron chi connectivity index (χ4n) is 3.13. The lowest BCUT2D eigenvalue weighted by Gasteiger charge is -2.11. The first kappa shape index (κ1) is 13.0. The summed E-state index contributed by atoms with van der Waals surface area (Å²) in [6, 6.07) is 9.63. The van der Waals surface area contributed by atoms with Gasteiger partial charge in [0, 0.05) is 30.4 Å². The molecular weight excluding hydrogens is 276 g/mol. The normalized spacial score (nSPS) is 13.3. The number of nitrogens with one attached hydrogen (secondary N) is 1. The summed E-state index contributed by atoms with van der Waals surface area (Å²) in [6.07, 6.45) is 4.73. The van der Waals surface area contributed by atoms with Crippen molar-refractivity contribution in [3.63, 3.8) is 0 Å². The van der Waals surface area contributed by atoms with Crippen LogP contribution in [0.25, 0.3) is 10.9 Å². The van der Waals surface area contributed by atoms with Crippen LogP contribution >= 0.6 is 0 Å². The molecule has 2 aromatic heterocycles. The number of anilines is 1. The van der Waals surface area contributed by atoms with Gasteiger partial charge >= 0.3 is 0 Å². The molecule has 1 aliphatic carbocycles. The molecular formula is C17H16N4O. The summed E-state index contributed by atoms with van der Waals surface area (Å²) in [4.78, 5) is 17.5. The number of nitrogens with zero attached hydrogens (tertiary/aromatic N) is 3. The molecule has 0 fully saturated rings. The zero-order valence-corrected chi connectivity index (χ0v) is 12.3. The van der Waals surface area contributed by atoms with Gasteiger partial charge in [-0.25, -0.2) is 0 Å². The molecule has 0 unspecified atom stereocenters. The van der Waals surface area contributed by atoms with Crippen LogP contribution in [0.4, 0.5) is 5.82 Å². The number of pyridine rings is 1. The lowest BCUT2D eigenvalue weighted by Crippen LogP contribution is -2.16. The number of amides is 1. The third-order valence-corrected chi connectivity index (χ3v) is 4.10. The van der Waals surface area contributed by atoms with E-state index in [0.717, 1.165) is 47.0 Å².